The van der Waals surface area contributed by atoms with Gasteiger partial charge in [-0.15, -0.1) is 0 Å². The summed E-state index contributed by atoms with van der Waals surface area (Å²) in [6, 6.07) is 9.93. The molecular weight excluding hydrogens is 380 g/mol. The van der Waals surface area contributed by atoms with Gasteiger partial charge in [0, 0.05) is 19.1 Å². The number of benzene rings is 1. The lowest BCUT2D eigenvalue weighted by atomic mass is 9.70. The molecule has 1 aliphatic heterocycles. The van der Waals surface area contributed by atoms with Gasteiger partial charge in [-0.05, 0) is 75.7 Å². The van der Waals surface area contributed by atoms with Crippen molar-refractivity contribution in [2.75, 3.05) is 13.1 Å². The van der Waals surface area contributed by atoms with Crippen LogP contribution in [0.1, 0.15) is 58.4 Å². The molecule has 1 N–H and O–H groups in total. The van der Waals surface area contributed by atoms with E-state index in [4.69, 9.17) is 9.47 Å². The number of piperidine rings is 1. The molecule has 3 fully saturated rings. The van der Waals surface area contributed by atoms with Gasteiger partial charge in [-0.2, -0.15) is 0 Å². The standard InChI is InChI=1S/C24H34N2O4/c1-23(2,3)30-22(28)26-13-11-24(12-14-26)18-9-10-19(24)20(15-18)25-21(27)29-16-17-7-5-4-6-8-17/h4-8,18-20H,9-16H2,1-3H3,(H,25,27). The minimum Gasteiger partial charge on any atom is -0.445 e. The molecule has 6 nitrogen and oxygen atoms in total. The lowest BCUT2D eigenvalue weighted by molar-refractivity contribution is 0.00194. The smallest absolute Gasteiger partial charge is 0.410 e. The molecule has 2 amide bonds. The van der Waals surface area contributed by atoms with Gasteiger partial charge in [0.2, 0.25) is 0 Å². The van der Waals surface area contributed by atoms with Crippen LogP contribution in [0.5, 0.6) is 0 Å². The van der Waals surface area contributed by atoms with E-state index in [1.807, 2.05) is 56.0 Å². The number of carbonyl (C=O) groups is 2. The van der Waals surface area contributed by atoms with Crippen molar-refractivity contribution in [2.45, 2.75) is 71.1 Å². The molecule has 0 radical (unpaired) electrons. The summed E-state index contributed by atoms with van der Waals surface area (Å²) in [6.07, 6.45) is 4.88. The number of carbonyl (C=O) groups excluding carboxylic acids is 2. The van der Waals surface area contributed by atoms with E-state index in [2.05, 4.69) is 5.32 Å². The molecule has 2 bridgehead atoms. The van der Waals surface area contributed by atoms with Gasteiger partial charge in [0.05, 0.1) is 0 Å². The van der Waals surface area contributed by atoms with E-state index in [0.29, 0.717) is 18.4 Å². The molecule has 1 aromatic rings. The molecular formula is C24H34N2O4. The van der Waals surface area contributed by atoms with Crippen LogP contribution < -0.4 is 5.32 Å². The van der Waals surface area contributed by atoms with Gasteiger partial charge < -0.3 is 19.7 Å². The van der Waals surface area contributed by atoms with Crippen LogP contribution in [-0.4, -0.2) is 41.8 Å². The molecule has 164 valence electrons. The van der Waals surface area contributed by atoms with Crippen LogP contribution in [0, 0.1) is 17.3 Å². The molecule has 1 saturated heterocycles. The van der Waals surface area contributed by atoms with Crippen LogP contribution >= 0.6 is 0 Å². The van der Waals surface area contributed by atoms with Crippen LogP contribution in [0.15, 0.2) is 30.3 Å². The first-order valence-corrected chi connectivity index (χ1v) is 11.2. The van der Waals surface area contributed by atoms with Crippen molar-refractivity contribution in [2.24, 2.45) is 17.3 Å². The van der Waals surface area contributed by atoms with Crippen LogP contribution in [0.3, 0.4) is 0 Å². The second-order valence-electron chi connectivity index (χ2n) is 10.1. The van der Waals surface area contributed by atoms with E-state index in [1.54, 1.807) is 0 Å². The number of ether oxygens (including phenoxy) is 2. The Morgan fingerprint density at radius 2 is 1.83 bits per heavy atom. The molecule has 3 atom stereocenters. The fourth-order valence-electron chi connectivity index (χ4n) is 5.97. The number of nitrogens with zero attached hydrogens (tertiary/aromatic N) is 1. The Kier molecular flexibility index (Phi) is 5.69. The third kappa shape index (κ3) is 4.28. The fourth-order valence-corrected chi connectivity index (χ4v) is 5.97. The predicted molar refractivity (Wildman–Crippen MR) is 114 cm³/mol. The van der Waals surface area contributed by atoms with Crippen molar-refractivity contribution in [1.29, 1.82) is 0 Å². The zero-order chi connectivity index (χ0) is 21.4. The topological polar surface area (TPSA) is 67.9 Å². The number of hydrogen-bond donors (Lipinski definition) is 1. The monoisotopic (exact) mass is 414 g/mol. The van der Waals surface area contributed by atoms with Crippen molar-refractivity contribution in [3.8, 4) is 0 Å². The summed E-state index contributed by atoms with van der Waals surface area (Å²) in [5, 5.41) is 3.15. The molecule has 3 aliphatic rings. The maximum Gasteiger partial charge on any atom is 0.410 e. The first kappa shape index (κ1) is 21.0. The third-order valence-corrected chi connectivity index (χ3v) is 7.26. The third-order valence-electron chi connectivity index (χ3n) is 7.26. The second-order valence-corrected chi connectivity index (χ2v) is 10.1. The molecule has 2 saturated carbocycles. The summed E-state index contributed by atoms with van der Waals surface area (Å²) in [5.74, 6) is 1.11. The highest BCUT2D eigenvalue weighted by molar-refractivity contribution is 5.68. The first-order valence-electron chi connectivity index (χ1n) is 11.2. The number of rotatable bonds is 3. The van der Waals surface area contributed by atoms with Gasteiger partial charge in [-0.1, -0.05) is 30.3 Å². The molecule has 4 rings (SSSR count). The number of likely N-dealkylation sites (tertiary alicyclic amines) is 1. The number of alkyl carbamates (subject to hydrolysis) is 1. The average Bonchev–Trinajstić information content (AvgIpc) is 3.17. The van der Waals surface area contributed by atoms with Gasteiger partial charge in [-0.3, -0.25) is 0 Å². The van der Waals surface area contributed by atoms with Crippen LogP contribution in [-0.2, 0) is 16.1 Å². The lowest BCUT2D eigenvalue weighted by Gasteiger charge is -2.43. The molecule has 3 unspecified atom stereocenters. The van der Waals surface area contributed by atoms with Crippen molar-refractivity contribution in [3.05, 3.63) is 35.9 Å². The molecule has 6 heteroatoms. The quantitative estimate of drug-likeness (QED) is 0.776. The normalized spacial score (nSPS) is 27.2. The van der Waals surface area contributed by atoms with Gasteiger partial charge in [0.15, 0.2) is 0 Å². The molecule has 1 aromatic carbocycles. The summed E-state index contributed by atoms with van der Waals surface area (Å²) in [4.78, 5) is 26.7. The highest BCUT2D eigenvalue weighted by Gasteiger charge is 2.59. The lowest BCUT2D eigenvalue weighted by Crippen LogP contribution is -2.48. The molecule has 2 aliphatic carbocycles. The van der Waals surface area contributed by atoms with E-state index in [9.17, 15) is 9.59 Å². The van der Waals surface area contributed by atoms with Crippen molar-refractivity contribution >= 4 is 12.2 Å². The van der Waals surface area contributed by atoms with E-state index in [1.165, 1.54) is 6.42 Å². The zero-order valence-electron chi connectivity index (χ0n) is 18.4. The minimum absolute atomic E-state index is 0.181. The maximum atomic E-state index is 12.4. The van der Waals surface area contributed by atoms with Gasteiger partial charge in [-0.25, -0.2) is 9.59 Å². The number of nitrogens with one attached hydrogen (secondary N) is 1. The van der Waals surface area contributed by atoms with Gasteiger partial charge in [0.25, 0.3) is 0 Å². The van der Waals surface area contributed by atoms with Crippen molar-refractivity contribution < 1.29 is 19.1 Å². The van der Waals surface area contributed by atoms with Gasteiger partial charge >= 0.3 is 12.2 Å². The molecule has 0 aromatic heterocycles. The van der Waals surface area contributed by atoms with E-state index < -0.39 is 5.60 Å². The minimum atomic E-state index is -0.465. The summed E-state index contributed by atoms with van der Waals surface area (Å²) < 4.78 is 11.0. The zero-order valence-corrected chi connectivity index (χ0v) is 18.4. The highest BCUT2D eigenvalue weighted by atomic mass is 16.6. The molecule has 30 heavy (non-hydrogen) atoms. The van der Waals surface area contributed by atoms with Gasteiger partial charge in [0.1, 0.15) is 12.2 Å². The maximum absolute atomic E-state index is 12.4. The number of amides is 2. The number of hydrogen-bond acceptors (Lipinski definition) is 4. The SMILES string of the molecule is CC(C)(C)OC(=O)N1CCC2(CC1)C1CCC2C(NC(=O)OCc2ccccc2)C1. The van der Waals surface area contributed by atoms with E-state index in [-0.39, 0.29) is 23.6 Å². The Balaban J connectivity index is 1.31. The fraction of sp³-hybridized carbons (Fsp3) is 0.667. The summed E-state index contributed by atoms with van der Waals surface area (Å²) in [7, 11) is 0. The Bertz CT molecular complexity index is 765. The van der Waals surface area contributed by atoms with Crippen molar-refractivity contribution in [1.82, 2.24) is 10.2 Å². The van der Waals surface area contributed by atoms with Crippen LogP contribution in [0.2, 0.25) is 0 Å². The Hall–Kier alpha value is -2.24. The molecule has 1 spiro atoms. The Morgan fingerprint density at radius 3 is 2.50 bits per heavy atom. The van der Waals surface area contributed by atoms with Crippen molar-refractivity contribution in [3.63, 3.8) is 0 Å². The first-order chi connectivity index (χ1) is 14.3. The second kappa shape index (κ2) is 8.12. The summed E-state index contributed by atoms with van der Waals surface area (Å²) >= 11 is 0. The summed E-state index contributed by atoms with van der Waals surface area (Å²) in [6.45, 7) is 7.49. The van der Waals surface area contributed by atoms with E-state index >= 15 is 0 Å². The van der Waals surface area contributed by atoms with Crippen LogP contribution in [0.25, 0.3) is 0 Å². The highest BCUT2D eigenvalue weighted by Crippen LogP contribution is 2.62. The molecule has 1 heterocycles. The Labute approximate surface area is 179 Å². The summed E-state index contributed by atoms with van der Waals surface area (Å²) in [5.41, 5.74) is 0.774. The predicted octanol–water partition coefficient (Wildman–Crippen LogP) is 4.73. The largest absolute Gasteiger partial charge is 0.445 e. The van der Waals surface area contributed by atoms with E-state index in [0.717, 1.165) is 44.3 Å². The Morgan fingerprint density at radius 1 is 1.13 bits per heavy atom. The van der Waals surface area contributed by atoms with Crippen LogP contribution in [0.4, 0.5) is 9.59 Å². The average molecular weight is 415 g/mol.